The molecule has 0 aromatic carbocycles. The molecule has 9 unspecified atom stereocenters. The predicted molar refractivity (Wildman–Crippen MR) is 115 cm³/mol. The monoisotopic (exact) mass is 440 g/mol. The summed E-state index contributed by atoms with van der Waals surface area (Å²) in [6.45, 7) is 6.17. The van der Waals surface area contributed by atoms with Crippen LogP contribution in [0.1, 0.15) is 77.2 Å². The molecular weight excluding hydrogens is 408 g/mol. The molecule has 0 bridgehead atoms. The predicted octanol–water partition coefficient (Wildman–Crippen LogP) is 4.01. The van der Waals surface area contributed by atoms with E-state index in [9.17, 15) is 14.4 Å². The Morgan fingerprint density at radius 2 is 1.88 bits per heavy atom. The zero-order chi connectivity index (χ0) is 22.5. The summed E-state index contributed by atoms with van der Waals surface area (Å²) in [5.74, 6) is 1.17. The molecule has 6 nitrogen and oxygen atoms in total. The van der Waals surface area contributed by atoms with Crippen LogP contribution in [0.25, 0.3) is 0 Å². The number of hydrogen-bond acceptors (Lipinski definition) is 6. The van der Waals surface area contributed by atoms with Crippen molar-refractivity contribution < 1.29 is 23.5 Å². The lowest BCUT2D eigenvalue weighted by Crippen LogP contribution is -2.58. The maximum absolute atomic E-state index is 13.5. The van der Waals surface area contributed by atoms with E-state index in [-0.39, 0.29) is 51.9 Å². The molecule has 5 fully saturated rings. The Bertz CT molecular complexity index is 1020. The third kappa shape index (κ3) is 2.48. The van der Waals surface area contributed by atoms with E-state index in [2.05, 4.69) is 13.8 Å². The van der Waals surface area contributed by atoms with E-state index in [0.29, 0.717) is 17.8 Å². The number of epoxide rings is 1. The Labute approximate surface area is 188 Å². The highest BCUT2D eigenvalue weighted by atomic mass is 16.6. The van der Waals surface area contributed by atoms with Gasteiger partial charge in [-0.2, -0.15) is 0 Å². The highest BCUT2D eigenvalue weighted by Crippen LogP contribution is 2.76. The van der Waals surface area contributed by atoms with Crippen LogP contribution in [-0.2, 0) is 19.1 Å². The van der Waals surface area contributed by atoms with Gasteiger partial charge in [-0.05, 0) is 79.7 Å². The number of carbonyl (C=O) groups is 2. The molecule has 172 valence electrons. The summed E-state index contributed by atoms with van der Waals surface area (Å²) in [6, 6.07) is 3.18. The van der Waals surface area contributed by atoms with Crippen LogP contribution in [0.5, 0.6) is 0 Å². The van der Waals surface area contributed by atoms with Crippen molar-refractivity contribution in [2.45, 2.75) is 89.4 Å². The zero-order valence-corrected chi connectivity index (χ0v) is 19.1. The molecule has 1 aliphatic heterocycles. The lowest BCUT2D eigenvalue weighted by atomic mass is 9.44. The van der Waals surface area contributed by atoms with Gasteiger partial charge in [-0.25, -0.2) is 4.79 Å². The molecule has 0 radical (unpaired) electrons. The molecule has 1 aromatic rings. The number of Topliss-reactive ketones (excluding diaryl/α,β-unsaturated/α-hetero) is 1. The SMILES string of the molecule is CC(=O)OC1CCC2(C)C(CCC3C2CCC2(C)C(c4ccc(=O)oc4)C(=O)C4OC432)C1. The van der Waals surface area contributed by atoms with E-state index >= 15 is 0 Å². The summed E-state index contributed by atoms with van der Waals surface area (Å²) in [6.07, 6.45) is 8.34. The van der Waals surface area contributed by atoms with E-state index < -0.39 is 0 Å². The van der Waals surface area contributed by atoms with Crippen molar-refractivity contribution in [3.05, 3.63) is 34.4 Å². The van der Waals surface area contributed by atoms with Gasteiger partial charge in [0.05, 0.1) is 12.2 Å². The molecule has 0 N–H and O–H groups in total. The van der Waals surface area contributed by atoms with Crippen LogP contribution in [0.15, 0.2) is 27.6 Å². The standard InChI is InChI=1S/C26H32O6/c1-14(27)31-17-8-10-24(2)16(12-17)5-6-19-18(24)9-11-25(3)21(15-4-7-20(28)30-13-15)22(29)23-26(19,25)32-23/h4,7,13,16-19,21,23H,5-6,8-12H2,1-3H3. The third-order valence-corrected chi connectivity index (χ3v) is 10.3. The second-order valence-corrected chi connectivity index (χ2v) is 11.5. The summed E-state index contributed by atoms with van der Waals surface area (Å²) in [7, 11) is 0. The maximum atomic E-state index is 13.5. The van der Waals surface area contributed by atoms with Crippen molar-refractivity contribution in [3.63, 3.8) is 0 Å². The Morgan fingerprint density at radius 1 is 1.06 bits per heavy atom. The molecule has 4 aliphatic carbocycles. The minimum Gasteiger partial charge on any atom is -0.463 e. The fourth-order valence-electron chi connectivity index (χ4n) is 8.86. The van der Waals surface area contributed by atoms with Gasteiger partial charge in [-0.3, -0.25) is 9.59 Å². The molecule has 0 amide bonds. The van der Waals surface area contributed by atoms with Gasteiger partial charge in [-0.15, -0.1) is 0 Å². The Balaban J connectivity index is 1.32. The first-order valence-electron chi connectivity index (χ1n) is 12.2. The molecular formula is C26H32O6. The van der Waals surface area contributed by atoms with Crippen LogP contribution in [0.4, 0.5) is 0 Å². The second kappa shape index (κ2) is 6.55. The first-order valence-corrected chi connectivity index (χ1v) is 12.2. The van der Waals surface area contributed by atoms with Crippen LogP contribution in [-0.4, -0.2) is 29.6 Å². The molecule has 9 atom stereocenters. The average Bonchev–Trinajstić information content (AvgIpc) is 3.45. The number of hydrogen-bond donors (Lipinski definition) is 0. The van der Waals surface area contributed by atoms with Crippen LogP contribution in [0, 0.1) is 28.6 Å². The number of carbonyl (C=O) groups excluding carboxylic acids is 2. The molecule has 1 spiro atoms. The fourth-order valence-corrected chi connectivity index (χ4v) is 8.86. The first kappa shape index (κ1) is 20.6. The first-order chi connectivity index (χ1) is 15.2. The Kier molecular flexibility index (Phi) is 4.23. The van der Waals surface area contributed by atoms with Gasteiger partial charge < -0.3 is 13.9 Å². The smallest absolute Gasteiger partial charge is 0.335 e. The minimum absolute atomic E-state index is 0.0456. The van der Waals surface area contributed by atoms with Gasteiger partial charge in [0.25, 0.3) is 0 Å². The normalized spacial score (nSPS) is 48.8. The lowest BCUT2D eigenvalue weighted by Gasteiger charge is -2.60. The number of ketones is 1. The van der Waals surface area contributed by atoms with Gasteiger partial charge in [0.15, 0.2) is 5.78 Å². The molecule has 32 heavy (non-hydrogen) atoms. The van der Waals surface area contributed by atoms with Crippen LogP contribution >= 0.6 is 0 Å². The summed E-state index contributed by atoms with van der Waals surface area (Å²) in [5, 5.41) is 0. The summed E-state index contributed by atoms with van der Waals surface area (Å²) >= 11 is 0. The van der Waals surface area contributed by atoms with Gasteiger partial charge in [-0.1, -0.05) is 13.8 Å². The lowest BCUT2D eigenvalue weighted by molar-refractivity contribution is -0.163. The van der Waals surface area contributed by atoms with E-state index in [1.54, 1.807) is 6.07 Å². The molecule has 4 saturated carbocycles. The molecule has 1 aromatic heterocycles. The zero-order valence-electron chi connectivity index (χ0n) is 19.1. The molecule has 5 aliphatic rings. The number of fused-ring (bicyclic) bond motifs is 3. The largest absolute Gasteiger partial charge is 0.463 e. The summed E-state index contributed by atoms with van der Waals surface area (Å²) < 4.78 is 17.1. The van der Waals surface area contributed by atoms with Crippen molar-refractivity contribution in [2.24, 2.45) is 28.6 Å². The molecule has 6 heteroatoms. The van der Waals surface area contributed by atoms with E-state index in [0.717, 1.165) is 50.5 Å². The average molecular weight is 441 g/mol. The van der Waals surface area contributed by atoms with Gasteiger partial charge in [0, 0.05) is 18.4 Å². The van der Waals surface area contributed by atoms with Crippen molar-refractivity contribution in [1.82, 2.24) is 0 Å². The maximum Gasteiger partial charge on any atom is 0.335 e. The van der Waals surface area contributed by atoms with Gasteiger partial charge in [0.2, 0.25) is 0 Å². The van der Waals surface area contributed by atoms with E-state index in [1.807, 2.05) is 0 Å². The van der Waals surface area contributed by atoms with Crippen molar-refractivity contribution in [1.29, 1.82) is 0 Å². The van der Waals surface area contributed by atoms with Crippen LogP contribution < -0.4 is 5.63 Å². The Morgan fingerprint density at radius 3 is 2.59 bits per heavy atom. The second-order valence-electron chi connectivity index (χ2n) is 11.5. The molecule has 6 rings (SSSR count). The number of ether oxygens (including phenoxy) is 2. The highest BCUT2D eigenvalue weighted by molar-refractivity contribution is 5.98. The quantitative estimate of drug-likeness (QED) is 0.510. The van der Waals surface area contributed by atoms with E-state index in [1.165, 1.54) is 19.3 Å². The highest BCUT2D eigenvalue weighted by Gasteiger charge is 2.84. The molecule has 1 saturated heterocycles. The minimum atomic E-state index is -0.389. The van der Waals surface area contributed by atoms with Crippen molar-refractivity contribution in [2.75, 3.05) is 0 Å². The van der Waals surface area contributed by atoms with Crippen LogP contribution in [0.3, 0.4) is 0 Å². The fraction of sp³-hybridized carbons (Fsp3) is 0.731. The Hall–Kier alpha value is -1.95. The van der Waals surface area contributed by atoms with Crippen molar-refractivity contribution in [3.8, 4) is 0 Å². The number of rotatable bonds is 2. The van der Waals surface area contributed by atoms with Gasteiger partial charge >= 0.3 is 11.6 Å². The van der Waals surface area contributed by atoms with E-state index in [4.69, 9.17) is 13.9 Å². The van der Waals surface area contributed by atoms with Gasteiger partial charge in [0.1, 0.15) is 17.8 Å². The summed E-state index contributed by atoms with van der Waals surface area (Å²) in [5.41, 5.74) is -0.0257. The van der Waals surface area contributed by atoms with Crippen LogP contribution in [0.2, 0.25) is 0 Å². The third-order valence-electron chi connectivity index (χ3n) is 10.3. The van der Waals surface area contributed by atoms with Crippen molar-refractivity contribution >= 4 is 11.8 Å². The summed E-state index contributed by atoms with van der Waals surface area (Å²) in [4.78, 5) is 36.5. The number of esters is 1. The molecule has 2 heterocycles. The topological polar surface area (TPSA) is 86.1 Å².